The van der Waals surface area contributed by atoms with E-state index in [-0.39, 0.29) is 24.4 Å². The predicted octanol–water partition coefficient (Wildman–Crippen LogP) is 1.68. The van der Waals surface area contributed by atoms with Crippen molar-refractivity contribution < 1.29 is 14.3 Å². The Labute approximate surface area is 100 Å². The number of methoxy groups -OCH3 is 1. The van der Waals surface area contributed by atoms with E-state index in [1.165, 1.54) is 7.11 Å². The van der Waals surface area contributed by atoms with Gasteiger partial charge in [-0.1, -0.05) is 12.1 Å². The van der Waals surface area contributed by atoms with Crippen molar-refractivity contribution in [2.24, 2.45) is 5.73 Å². The van der Waals surface area contributed by atoms with Gasteiger partial charge in [0.2, 0.25) is 0 Å². The van der Waals surface area contributed by atoms with Crippen LogP contribution in [0.1, 0.15) is 28.4 Å². The number of ether oxygens (including phenoxy) is 2. The van der Waals surface area contributed by atoms with Gasteiger partial charge >= 0.3 is 5.97 Å². The molecule has 1 aromatic carbocycles. The van der Waals surface area contributed by atoms with Crippen molar-refractivity contribution in [2.75, 3.05) is 13.7 Å². The smallest absolute Gasteiger partial charge is 0.341 e. The minimum Gasteiger partial charge on any atom is -0.492 e. The molecule has 0 bridgehead atoms. The highest BCUT2D eigenvalue weighted by molar-refractivity contribution is 5.93. The average molecular weight is 244 g/mol. The second kappa shape index (κ2) is 5.18. The third kappa shape index (κ3) is 2.13. The van der Waals surface area contributed by atoms with Crippen LogP contribution in [0.5, 0.6) is 5.75 Å². The van der Waals surface area contributed by atoms with E-state index in [9.17, 15) is 4.79 Å². The van der Waals surface area contributed by atoms with Gasteiger partial charge in [-0.05, 0) is 6.07 Å². The zero-order valence-electron chi connectivity index (χ0n) is 8.93. The second-order valence-corrected chi connectivity index (χ2v) is 3.46. The summed E-state index contributed by atoms with van der Waals surface area (Å²) in [5.74, 6) is 0.184. The van der Waals surface area contributed by atoms with Gasteiger partial charge in [-0.15, -0.1) is 12.4 Å². The standard InChI is InChI=1S/C11H13NO3.ClH/c1-14-11(13)8-4-2-3-7-9(12)5-6-15-10(7)8;/h2-4,9H,5-6,12H2,1H3;1H. The number of fused-ring (bicyclic) bond motifs is 1. The monoisotopic (exact) mass is 243 g/mol. The van der Waals surface area contributed by atoms with Gasteiger partial charge in [-0.25, -0.2) is 4.79 Å². The molecule has 0 radical (unpaired) electrons. The van der Waals surface area contributed by atoms with Crippen molar-refractivity contribution in [1.82, 2.24) is 0 Å². The number of carbonyl (C=O) groups excluding carboxylic acids is 1. The Morgan fingerprint density at radius 2 is 2.31 bits per heavy atom. The normalized spacial score (nSPS) is 17.8. The highest BCUT2D eigenvalue weighted by atomic mass is 35.5. The topological polar surface area (TPSA) is 61.5 Å². The van der Waals surface area contributed by atoms with E-state index in [2.05, 4.69) is 4.74 Å². The van der Waals surface area contributed by atoms with Crippen LogP contribution in [-0.2, 0) is 4.74 Å². The fraction of sp³-hybridized carbons (Fsp3) is 0.364. The van der Waals surface area contributed by atoms with Gasteiger partial charge in [0.25, 0.3) is 0 Å². The molecule has 5 heteroatoms. The molecule has 0 amide bonds. The summed E-state index contributed by atoms with van der Waals surface area (Å²) in [6, 6.07) is 5.30. The number of hydrogen-bond donors (Lipinski definition) is 1. The van der Waals surface area contributed by atoms with Gasteiger partial charge in [0.1, 0.15) is 11.3 Å². The molecular formula is C11H14ClNO3. The maximum atomic E-state index is 11.4. The van der Waals surface area contributed by atoms with Gasteiger partial charge < -0.3 is 15.2 Å². The fourth-order valence-corrected chi connectivity index (χ4v) is 1.72. The van der Waals surface area contributed by atoms with Crippen LogP contribution in [0.4, 0.5) is 0 Å². The van der Waals surface area contributed by atoms with Crippen molar-refractivity contribution in [3.8, 4) is 5.75 Å². The van der Waals surface area contributed by atoms with Gasteiger partial charge in [0.15, 0.2) is 0 Å². The molecule has 0 aliphatic carbocycles. The Morgan fingerprint density at radius 1 is 1.56 bits per heavy atom. The molecule has 0 saturated carbocycles. The summed E-state index contributed by atoms with van der Waals surface area (Å²) >= 11 is 0. The number of hydrogen-bond acceptors (Lipinski definition) is 4. The summed E-state index contributed by atoms with van der Waals surface area (Å²) < 4.78 is 10.1. The largest absolute Gasteiger partial charge is 0.492 e. The molecular weight excluding hydrogens is 230 g/mol. The van der Waals surface area contributed by atoms with E-state index < -0.39 is 0 Å². The summed E-state index contributed by atoms with van der Waals surface area (Å²) in [6.07, 6.45) is 0.775. The Bertz CT molecular complexity index is 395. The lowest BCUT2D eigenvalue weighted by Crippen LogP contribution is -2.22. The Morgan fingerprint density at radius 3 is 3.00 bits per heavy atom. The number of esters is 1. The van der Waals surface area contributed by atoms with Crippen LogP contribution in [-0.4, -0.2) is 19.7 Å². The Kier molecular flexibility index (Phi) is 4.15. The number of para-hydroxylation sites is 1. The third-order valence-electron chi connectivity index (χ3n) is 2.53. The molecule has 1 aliphatic heterocycles. The number of carbonyl (C=O) groups is 1. The number of halogens is 1. The lowest BCUT2D eigenvalue weighted by molar-refractivity contribution is 0.0594. The van der Waals surface area contributed by atoms with Crippen LogP contribution in [0.25, 0.3) is 0 Å². The van der Waals surface area contributed by atoms with Gasteiger partial charge in [0.05, 0.1) is 13.7 Å². The third-order valence-corrected chi connectivity index (χ3v) is 2.53. The van der Waals surface area contributed by atoms with Crippen LogP contribution in [0.2, 0.25) is 0 Å². The first kappa shape index (κ1) is 12.8. The minimum atomic E-state index is -0.388. The zero-order chi connectivity index (χ0) is 10.8. The SMILES string of the molecule is COC(=O)c1cccc2c1OCCC2N.Cl. The summed E-state index contributed by atoms with van der Waals surface area (Å²) in [7, 11) is 1.35. The lowest BCUT2D eigenvalue weighted by Gasteiger charge is -2.24. The van der Waals surface area contributed by atoms with E-state index in [1.54, 1.807) is 12.1 Å². The number of rotatable bonds is 1. The second-order valence-electron chi connectivity index (χ2n) is 3.46. The summed E-state index contributed by atoms with van der Waals surface area (Å²) in [5, 5.41) is 0. The number of benzene rings is 1. The molecule has 1 aliphatic rings. The lowest BCUT2D eigenvalue weighted by atomic mass is 9.98. The summed E-state index contributed by atoms with van der Waals surface area (Å²) in [4.78, 5) is 11.4. The highest BCUT2D eigenvalue weighted by Crippen LogP contribution is 2.33. The van der Waals surface area contributed by atoms with E-state index in [0.29, 0.717) is 17.9 Å². The van der Waals surface area contributed by atoms with E-state index in [4.69, 9.17) is 10.5 Å². The molecule has 1 aromatic rings. The van der Waals surface area contributed by atoms with Crippen LogP contribution < -0.4 is 10.5 Å². The highest BCUT2D eigenvalue weighted by Gasteiger charge is 2.23. The molecule has 88 valence electrons. The predicted molar refractivity (Wildman–Crippen MR) is 62.1 cm³/mol. The van der Waals surface area contributed by atoms with Gasteiger partial charge in [-0.3, -0.25) is 0 Å². The molecule has 1 heterocycles. The molecule has 16 heavy (non-hydrogen) atoms. The summed E-state index contributed by atoms with van der Waals surface area (Å²) in [6.45, 7) is 0.544. The van der Waals surface area contributed by atoms with Crippen molar-refractivity contribution in [3.05, 3.63) is 29.3 Å². The van der Waals surface area contributed by atoms with E-state index >= 15 is 0 Å². The quantitative estimate of drug-likeness (QED) is 0.763. The molecule has 4 nitrogen and oxygen atoms in total. The molecule has 0 fully saturated rings. The first-order valence-electron chi connectivity index (χ1n) is 4.83. The maximum Gasteiger partial charge on any atom is 0.341 e. The minimum absolute atomic E-state index is 0. The molecule has 0 saturated heterocycles. The average Bonchev–Trinajstić information content (AvgIpc) is 2.28. The first-order chi connectivity index (χ1) is 7.24. The van der Waals surface area contributed by atoms with Crippen molar-refractivity contribution in [3.63, 3.8) is 0 Å². The van der Waals surface area contributed by atoms with Crippen LogP contribution >= 0.6 is 12.4 Å². The van der Waals surface area contributed by atoms with Crippen molar-refractivity contribution in [1.29, 1.82) is 0 Å². The fourth-order valence-electron chi connectivity index (χ4n) is 1.72. The Balaban J connectivity index is 0.00000128. The van der Waals surface area contributed by atoms with Crippen LogP contribution in [0.3, 0.4) is 0 Å². The van der Waals surface area contributed by atoms with Crippen LogP contribution in [0.15, 0.2) is 18.2 Å². The molecule has 0 spiro atoms. The Hall–Kier alpha value is -1.26. The first-order valence-corrected chi connectivity index (χ1v) is 4.83. The molecule has 2 N–H and O–H groups in total. The van der Waals surface area contributed by atoms with Gasteiger partial charge in [-0.2, -0.15) is 0 Å². The van der Waals surface area contributed by atoms with Crippen LogP contribution in [0, 0.1) is 0 Å². The number of nitrogens with two attached hydrogens (primary N) is 1. The van der Waals surface area contributed by atoms with Crippen molar-refractivity contribution in [2.45, 2.75) is 12.5 Å². The summed E-state index contributed by atoms with van der Waals surface area (Å²) in [5.41, 5.74) is 7.25. The molecule has 1 atom stereocenters. The zero-order valence-corrected chi connectivity index (χ0v) is 9.75. The molecule has 1 unspecified atom stereocenters. The maximum absolute atomic E-state index is 11.4. The van der Waals surface area contributed by atoms with E-state index in [1.807, 2.05) is 6.07 Å². The van der Waals surface area contributed by atoms with Crippen molar-refractivity contribution >= 4 is 18.4 Å². The van der Waals surface area contributed by atoms with E-state index in [0.717, 1.165) is 12.0 Å². The molecule has 2 rings (SSSR count). The molecule has 0 aromatic heterocycles. The van der Waals surface area contributed by atoms with Gasteiger partial charge in [0, 0.05) is 18.0 Å².